The third-order valence-electron chi connectivity index (χ3n) is 3.31. The van der Waals surface area contributed by atoms with E-state index in [1.54, 1.807) is 5.57 Å². The number of aliphatic hydroxyl groups is 1. The lowest BCUT2D eigenvalue weighted by Gasteiger charge is -2.15. The maximum absolute atomic E-state index is 10.0. The monoisotopic (exact) mass is 216 g/mol. The summed E-state index contributed by atoms with van der Waals surface area (Å²) in [4.78, 5) is 0. The molecule has 1 aliphatic carbocycles. The summed E-state index contributed by atoms with van der Waals surface area (Å²) in [6.45, 7) is 0. The van der Waals surface area contributed by atoms with Crippen molar-refractivity contribution in [2.75, 3.05) is 0 Å². The largest absolute Gasteiger partial charge is 0.388 e. The SMILES string of the molecule is O[C@H](CC=C1CCCCC1)c1ccccc1. The van der Waals surface area contributed by atoms with Crippen molar-refractivity contribution in [3.8, 4) is 0 Å². The van der Waals surface area contributed by atoms with Gasteiger partial charge in [0.05, 0.1) is 6.10 Å². The molecule has 1 heteroatoms. The van der Waals surface area contributed by atoms with E-state index in [9.17, 15) is 5.11 Å². The smallest absolute Gasteiger partial charge is 0.0824 e. The van der Waals surface area contributed by atoms with E-state index in [1.165, 1.54) is 32.1 Å². The Morgan fingerprint density at radius 2 is 1.75 bits per heavy atom. The molecule has 2 rings (SSSR count). The predicted octanol–water partition coefficient (Wildman–Crippen LogP) is 4.00. The van der Waals surface area contributed by atoms with E-state index in [1.807, 2.05) is 30.3 Å². The van der Waals surface area contributed by atoms with Crippen molar-refractivity contribution < 1.29 is 5.11 Å². The van der Waals surface area contributed by atoms with Crippen molar-refractivity contribution in [1.82, 2.24) is 0 Å². The van der Waals surface area contributed by atoms with Crippen LogP contribution in [0.25, 0.3) is 0 Å². The first-order valence-corrected chi connectivity index (χ1v) is 6.27. The molecule has 1 aromatic carbocycles. The van der Waals surface area contributed by atoms with E-state index in [4.69, 9.17) is 0 Å². The van der Waals surface area contributed by atoms with Crippen LogP contribution in [0.5, 0.6) is 0 Å². The zero-order valence-corrected chi connectivity index (χ0v) is 9.73. The lowest BCUT2D eigenvalue weighted by molar-refractivity contribution is 0.181. The number of hydrogen-bond acceptors (Lipinski definition) is 1. The van der Waals surface area contributed by atoms with Crippen molar-refractivity contribution in [1.29, 1.82) is 0 Å². The Morgan fingerprint density at radius 3 is 2.44 bits per heavy atom. The molecule has 1 saturated carbocycles. The topological polar surface area (TPSA) is 20.2 Å². The van der Waals surface area contributed by atoms with Crippen LogP contribution < -0.4 is 0 Å². The summed E-state index contributed by atoms with van der Waals surface area (Å²) < 4.78 is 0. The van der Waals surface area contributed by atoms with Gasteiger partial charge in [0.1, 0.15) is 0 Å². The molecule has 0 spiro atoms. The first kappa shape index (κ1) is 11.4. The van der Waals surface area contributed by atoms with E-state index in [2.05, 4.69) is 6.08 Å². The van der Waals surface area contributed by atoms with Gasteiger partial charge in [-0.05, 0) is 37.7 Å². The highest BCUT2D eigenvalue weighted by molar-refractivity contribution is 5.18. The highest BCUT2D eigenvalue weighted by atomic mass is 16.3. The van der Waals surface area contributed by atoms with Gasteiger partial charge >= 0.3 is 0 Å². The molecular formula is C15H20O. The molecule has 1 N–H and O–H groups in total. The van der Waals surface area contributed by atoms with Gasteiger partial charge in [-0.1, -0.05) is 48.4 Å². The summed E-state index contributed by atoms with van der Waals surface area (Å²) in [5, 5.41) is 10.0. The van der Waals surface area contributed by atoms with Gasteiger partial charge in [-0.15, -0.1) is 0 Å². The lowest BCUT2D eigenvalue weighted by Crippen LogP contribution is -1.98. The maximum Gasteiger partial charge on any atom is 0.0824 e. The van der Waals surface area contributed by atoms with Crippen LogP contribution in [0, 0.1) is 0 Å². The minimum absolute atomic E-state index is 0.337. The molecule has 0 heterocycles. The molecule has 1 nitrogen and oxygen atoms in total. The van der Waals surface area contributed by atoms with Crippen LogP contribution in [0.1, 0.15) is 50.2 Å². The molecule has 1 fully saturated rings. The molecule has 86 valence electrons. The van der Waals surface area contributed by atoms with Crippen molar-refractivity contribution in [3.05, 3.63) is 47.5 Å². The summed E-state index contributed by atoms with van der Waals surface area (Å²) in [5.74, 6) is 0. The van der Waals surface area contributed by atoms with Crippen LogP contribution in [0.2, 0.25) is 0 Å². The fourth-order valence-corrected chi connectivity index (χ4v) is 2.30. The average molecular weight is 216 g/mol. The first-order valence-electron chi connectivity index (χ1n) is 6.27. The molecule has 0 radical (unpaired) electrons. The van der Waals surface area contributed by atoms with Gasteiger partial charge in [0.15, 0.2) is 0 Å². The molecule has 1 atom stereocenters. The van der Waals surface area contributed by atoms with E-state index < -0.39 is 0 Å². The Bertz CT molecular complexity index is 332. The normalized spacial score (nSPS) is 18.2. The number of allylic oxidation sites excluding steroid dienone is 1. The molecular weight excluding hydrogens is 196 g/mol. The summed E-state index contributed by atoms with van der Waals surface area (Å²) in [6.07, 6.45) is 9.17. The first-order chi connectivity index (χ1) is 7.86. The molecule has 1 aliphatic rings. The van der Waals surface area contributed by atoms with E-state index >= 15 is 0 Å². The number of benzene rings is 1. The van der Waals surface area contributed by atoms with Crippen molar-refractivity contribution >= 4 is 0 Å². The zero-order valence-electron chi connectivity index (χ0n) is 9.73. The number of rotatable bonds is 3. The lowest BCUT2D eigenvalue weighted by atomic mass is 9.93. The van der Waals surface area contributed by atoms with Crippen LogP contribution in [0.3, 0.4) is 0 Å². The second kappa shape index (κ2) is 5.86. The van der Waals surface area contributed by atoms with E-state index in [-0.39, 0.29) is 6.10 Å². The van der Waals surface area contributed by atoms with Crippen LogP contribution >= 0.6 is 0 Å². The predicted molar refractivity (Wildman–Crippen MR) is 67.2 cm³/mol. The van der Waals surface area contributed by atoms with E-state index in [0.717, 1.165) is 12.0 Å². The molecule has 0 unspecified atom stereocenters. The van der Waals surface area contributed by atoms with Crippen LogP contribution in [0.15, 0.2) is 42.0 Å². The Balaban J connectivity index is 1.90. The summed E-state index contributed by atoms with van der Waals surface area (Å²) in [6, 6.07) is 9.92. The molecule has 0 saturated heterocycles. The summed E-state index contributed by atoms with van der Waals surface area (Å²) >= 11 is 0. The Morgan fingerprint density at radius 1 is 1.06 bits per heavy atom. The molecule has 0 amide bonds. The number of hydrogen-bond donors (Lipinski definition) is 1. The van der Waals surface area contributed by atoms with Crippen molar-refractivity contribution in [2.24, 2.45) is 0 Å². The molecule has 1 aromatic rings. The highest BCUT2D eigenvalue weighted by Gasteiger charge is 2.08. The third kappa shape index (κ3) is 3.21. The molecule has 0 aliphatic heterocycles. The second-order valence-corrected chi connectivity index (χ2v) is 4.59. The minimum atomic E-state index is -0.337. The van der Waals surface area contributed by atoms with Crippen LogP contribution in [0.4, 0.5) is 0 Å². The van der Waals surface area contributed by atoms with Gasteiger partial charge in [0, 0.05) is 0 Å². The maximum atomic E-state index is 10.0. The highest BCUT2D eigenvalue weighted by Crippen LogP contribution is 2.25. The summed E-state index contributed by atoms with van der Waals surface area (Å²) in [7, 11) is 0. The fourth-order valence-electron chi connectivity index (χ4n) is 2.30. The van der Waals surface area contributed by atoms with Crippen molar-refractivity contribution in [3.63, 3.8) is 0 Å². The number of aliphatic hydroxyl groups excluding tert-OH is 1. The van der Waals surface area contributed by atoms with Gasteiger partial charge in [-0.3, -0.25) is 0 Å². The van der Waals surface area contributed by atoms with Gasteiger partial charge < -0.3 is 5.11 Å². The fraction of sp³-hybridized carbons (Fsp3) is 0.467. The quantitative estimate of drug-likeness (QED) is 0.757. The Labute approximate surface area is 97.8 Å². The van der Waals surface area contributed by atoms with Gasteiger partial charge in [-0.2, -0.15) is 0 Å². The third-order valence-corrected chi connectivity index (χ3v) is 3.31. The van der Waals surface area contributed by atoms with Gasteiger partial charge in [0.25, 0.3) is 0 Å². The molecule has 16 heavy (non-hydrogen) atoms. The standard InChI is InChI=1S/C15H20O/c16-15(14-9-5-2-6-10-14)12-11-13-7-3-1-4-8-13/h2,5-6,9-11,15-16H,1,3-4,7-8,12H2/t15-/m1/s1. The van der Waals surface area contributed by atoms with Gasteiger partial charge in [-0.25, -0.2) is 0 Å². The summed E-state index contributed by atoms with van der Waals surface area (Å²) in [5.41, 5.74) is 2.57. The van der Waals surface area contributed by atoms with Gasteiger partial charge in [0.2, 0.25) is 0 Å². The second-order valence-electron chi connectivity index (χ2n) is 4.59. The zero-order chi connectivity index (χ0) is 11.2. The van der Waals surface area contributed by atoms with Crippen molar-refractivity contribution in [2.45, 2.75) is 44.6 Å². The van der Waals surface area contributed by atoms with E-state index in [0.29, 0.717) is 0 Å². The Hall–Kier alpha value is -1.08. The Kier molecular flexibility index (Phi) is 4.17. The van der Waals surface area contributed by atoms with Crippen LogP contribution in [-0.2, 0) is 0 Å². The minimum Gasteiger partial charge on any atom is -0.388 e. The average Bonchev–Trinajstić information content (AvgIpc) is 2.38. The molecule has 0 aromatic heterocycles. The molecule has 0 bridgehead atoms. The van der Waals surface area contributed by atoms with Crippen LogP contribution in [-0.4, -0.2) is 5.11 Å².